The van der Waals surface area contributed by atoms with E-state index < -0.39 is 23.0 Å². The van der Waals surface area contributed by atoms with Crippen LogP contribution in [0.2, 0.25) is 0 Å². The van der Waals surface area contributed by atoms with Gasteiger partial charge in [-0.25, -0.2) is 4.99 Å². The van der Waals surface area contributed by atoms with Gasteiger partial charge < -0.3 is 15.6 Å². The number of nitrogens with zero attached hydrogens (tertiary/aromatic N) is 2. The zero-order valence-corrected chi connectivity index (χ0v) is 15.6. The lowest BCUT2D eigenvalue weighted by molar-refractivity contribution is -0.139. The third-order valence-electron chi connectivity index (χ3n) is 5.50. The topological polar surface area (TPSA) is 88.2 Å². The molecule has 0 spiro atoms. The van der Waals surface area contributed by atoms with E-state index >= 15 is 0 Å². The molecule has 0 saturated heterocycles. The van der Waals surface area contributed by atoms with E-state index in [1.807, 2.05) is 0 Å². The fourth-order valence-corrected chi connectivity index (χ4v) is 3.98. The van der Waals surface area contributed by atoms with Gasteiger partial charge in [-0.15, -0.1) is 0 Å². The number of para-hydroxylation sites is 1. The molecule has 1 fully saturated rings. The van der Waals surface area contributed by atoms with Gasteiger partial charge in [0, 0.05) is 7.05 Å². The lowest BCUT2D eigenvalue weighted by atomic mass is 9.79. The van der Waals surface area contributed by atoms with E-state index in [0.717, 1.165) is 44.2 Å². The molecule has 154 valence electrons. The number of phenolic OH excluding ortho intramolecular Hbond substituents is 1. The van der Waals surface area contributed by atoms with Crippen LogP contribution in [0.25, 0.3) is 0 Å². The summed E-state index contributed by atoms with van der Waals surface area (Å²) in [6.07, 6.45) is 0.910. The Morgan fingerprint density at radius 3 is 2.57 bits per heavy atom. The van der Waals surface area contributed by atoms with E-state index in [1.54, 1.807) is 0 Å². The third kappa shape index (κ3) is 3.88. The molecule has 2 aliphatic rings. The van der Waals surface area contributed by atoms with Crippen molar-refractivity contribution in [3.8, 4) is 11.5 Å². The first-order valence-electron chi connectivity index (χ1n) is 9.29. The number of rotatable bonds is 5. The van der Waals surface area contributed by atoms with E-state index in [4.69, 9.17) is 10.5 Å². The Bertz CT molecular complexity index is 775. The Kier molecular flexibility index (Phi) is 5.45. The SMILES string of the molecule is CN1C(=O)C(COc2cccc(C(F)(F)F)c2O)(CC2CCCCC2)N=C1N. The molecule has 1 aliphatic carbocycles. The quantitative estimate of drug-likeness (QED) is 0.795. The molecular weight excluding hydrogens is 375 g/mol. The second-order valence-corrected chi connectivity index (χ2v) is 7.51. The first-order valence-corrected chi connectivity index (χ1v) is 9.29. The number of benzene rings is 1. The zero-order chi connectivity index (χ0) is 20.5. The number of carbonyl (C=O) groups is 1. The summed E-state index contributed by atoms with van der Waals surface area (Å²) < 4.78 is 44.5. The van der Waals surface area contributed by atoms with E-state index in [1.165, 1.54) is 18.0 Å². The van der Waals surface area contributed by atoms with Gasteiger partial charge in [-0.05, 0) is 24.5 Å². The predicted octanol–water partition coefficient (Wildman–Crippen LogP) is 3.29. The van der Waals surface area contributed by atoms with Gasteiger partial charge in [0.05, 0.1) is 0 Å². The molecule has 0 aromatic heterocycles. The van der Waals surface area contributed by atoms with Crippen LogP contribution in [0.4, 0.5) is 13.2 Å². The lowest BCUT2D eigenvalue weighted by Gasteiger charge is -2.31. The molecule has 1 atom stereocenters. The predicted molar refractivity (Wildman–Crippen MR) is 96.9 cm³/mol. The van der Waals surface area contributed by atoms with Crippen LogP contribution in [-0.2, 0) is 11.0 Å². The molecule has 3 N–H and O–H groups in total. The van der Waals surface area contributed by atoms with Crippen molar-refractivity contribution in [3.05, 3.63) is 23.8 Å². The minimum Gasteiger partial charge on any atom is -0.504 e. The van der Waals surface area contributed by atoms with E-state index in [9.17, 15) is 23.1 Å². The maximum Gasteiger partial charge on any atom is 0.420 e. The smallest absolute Gasteiger partial charge is 0.420 e. The summed E-state index contributed by atoms with van der Waals surface area (Å²) in [5.41, 5.74) is 3.35. The number of nitrogens with two attached hydrogens (primary N) is 1. The highest BCUT2D eigenvalue weighted by atomic mass is 19.4. The van der Waals surface area contributed by atoms with Crippen LogP contribution in [0.5, 0.6) is 11.5 Å². The van der Waals surface area contributed by atoms with Crippen molar-refractivity contribution in [1.82, 2.24) is 4.90 Å². The fraction of sp³-hybridized carbons (Fsp3) is 0.579. The van der Waals surface area contributed by atoms with Crippen molar-refractivity contribution in [1.29, 1.82) is 0 Å². The molecule has 9 heteroatoms. The molecule has 3 rings (SSSR count). The van der Waals surface area contributed by atoms with Gasteiger partial charge in [0.25, 0.3) is 5.91 Å². The summed E-state index contributed by atoms with van der Waals surface area (Å²) in [6.45, 7) is -0.289. The summed E-state index contributed by atoms with van der Waals surface area (Å²) in [6, 6.07) is 3.14. The van der Waals surface area contributed by atoms with Crippen LogP contribution >= 0.6 is 0 Å². The highest BCUT2D eigenvalue weighted by molar-refractivity contribution is 6.06. The summed E-state index contributed by atoms with van der Waals surface area (Å²) in [7, 11) is 1.51. The maximum absolute atomic E-state index is 13.0. The molecule has 0 radical (unpaired) electrons. The Morgan fingerprint density at radius 1 is 1.32 bits per heavy atom. The summed E-state index contributed by atoms with van der Waals surface area (Å²) in [4.78, 5) is 18.4. The molecule has 1 unspecified atom stereocenters. The number of likely N-dealkylation sites (N-methyl/N-ethyl adjacent to an activating group) is 1. The number of hydrogen-bond donors (Lipinski definition) is 2. The number of aliphatic imine (C=N–C) groups is 1. The second kappa shape index (κ2) is 7.52. The molecule has 1 amide bonds. The number of aromatic hydroxyl groups is 1. The minimum absolute atomic E-state index is 0.0534. The number of halogens is 3. The fourth-order valence-electron chi connectivity index (χ4n) is 3.98. The number of ether oxygens (including phenoxy) is 1. The molecule has 1 heterocycles. The van der Waals surface area contributed by atoms with E-state index in [2.05, 4.69) is 4.99 Å². The van der Waals surface area contributed by atoms with Crippen LogP contribution < -0.4 is 10.5 Å². The van der Waals surface area contributed by atoms with E-state index in [-0.39, 0.29) is 30.1 Å². The van der Waals surface area contributed by atoms with Crippen molar-refractivity contribution < 1.29 is 27.8 Å². The highest BCUT2D eigenvalue weighted by Crippen LogP contribution is 2.42. The number of amides is 1. The second-order valence-electron chi connectivity index (χ2n) is 7.51. The van der Waals surface area contributed by atoms with Crippen LogP contribution in [0.1, 0.15) is 44.1 Å². The maximum atomic E-state index is 13.0. The summed E-state index contributed by atoms with van der Waals surface area (Å²) >= 11 is 0. The normalized spacial score (nSPS) is 23.8. The Labute approximate surface area is 161 Å². The van der Waals surface area contributed by atoms with Gasteiger partial charge in [-0.2, -0.15) is 13.2 Å². The van der Waals surface area contributed by atoms with Crippen LogP contribution in [-0.4, -0.2) is 41.1 Å². The number of carbonyl (C=O) groups excluding carboxylic acids is 1. The molecule has 1 aromatic carbocycles. The minimum atomic E-state index is -4.71. The Balaban J connectivity index is 1.84. The molecule has 6 nitrogen and oxygen atoms in total. The lowest BCUT2D eigenvalue weighted by Crippen LogP contribution is -2.47. The number of hydrogen-bond acceptors (Lipinski definition) is 5. The zero-order valence-electron chi connectivity index (χ0n) is 15.6. The van der Waals surface area contributed by atoms with Crippen LogP contribution in [0.15, 0.2) is 23.2 Å². The molecule has 1 aliphatic heterocycles. The monoisotopic (exact) mass is 399 g/mol. The van der Waals surface area contributed by atoms with Crippen molar-refractivity contribution >= 4 is 11.9 Å². The molecule has 1 aromatic rings. The van der Waals surface area contributed by atoms with Crippen LogP contribution in [0, 0.1) is 5.92 Å². The average Bonchev–Trinajstić information content (AvgIpc) is 2.85. The third-order valence-corrected chi connectivity index (χ3v) is 5.50. The molecule has 0 bridgehead atoms. The molecule has 1 saturated carbocycles. The summed E-state index contributed by atoms with van der Waals surface area (Å²) in [5, 5.41) is 9.97. The van der Waals surface area contributed by atoms with Gasteiger partial charge >= 0.3 is 6.18 Å². The Hall–Kier alpha value is -2.45. The highest BCUT2D eigenvalue weighted by Gasteiger charge is 2.49. The first kappa shape index (κ1) is 20.3. The first-order chi connectivity index (χ1) is 13.1. The number of alkyl halides is 3. The van der Waals surface area contributed by atoms with Crippen molar-refractivity contribution in [2.75, 3.05) is 13.7 Å². The van der Waals surface area contributed by atoms with Gasteiger partial charge in [-0.1, -0.05) is 38.2 Å². The number of phenols is 1. The van der Waals surface area contributed by atoms with Crippen molar-refractivity contribution in [2.45, 2.75) is 50.2 Å². The summed E-state index contributed by atoms with van der Waals surface area (Å²) in [5.74, 6) is -1.37. The van der Waals surface area contributed by atoms with Gasteiger partial charge in [0.1, 0.15) is 12.2 Å². The van der Waals surface area contributed by atoms with Gasteiger partial charge in [0.15, 0.2) is 23.0 Å². The van der Waals surface area contributed by atoms with Crippen molar-refractivity contribution in [2.24, 2.45) is 16.6 Å². The van der Waals surface area contributed by atoms with Crippen molar-refractivity contribution in [3.63, 3.8) is 0 Å². The largest absolute Gasteiger partial charge is 0.504 e. The molecular formula is C19H24F3N3O3. The number of guanidine groups is 1. The van der Waals surface area contributed by atoms with Gasteiger partial charge in [-0.3, -0.25) is 9.69 Å². The van der Waals surface area contributed by atoms with Crippen LogP contribution in [0.3, 0.4) is 0 Å². The standard InChI is InChI=1S/C19H24F3N3O3/c1-25-16(27)18(24-17(25)23,10-12-6-3-2-4-7-12)11-28-14-9-5-8-13(15(14)26)19(20,21)22/h5,8-9,12,26H,2-4,6-7,10-11H2,1H3,(H2,23,24). The van der Waals surface area contributed by atoms with Gasteiger partial charge in [0.2, 0.25) is 0 Å². The Morgan fingerprint density at radius 2 is 2.00 bits per heavy atom. The van der Waals surface area contributed by atoms with E-state index in [0.29, 0.717) is 6.42 Å². The average molecular weight is 399 g/mol. The molecule has 28 heavy (non-hydrogen) atoms.